The summed E-state index contributed by atoms with van der Waals surface area (Å²) in [5.74, 6) is 0. The van der Waals surface area contributed by atoms with Crippen molar-refractivity contribution in [3.63, 3.8) is 0 Å². The summed E-state index contributed by atoms with van der Waals surface area (Å²) in [5, 5.41) is 12.5. The van der Waals surface area contributed by atoms with Crippen molar-refractivity contribution in [3.8, 4) is 0 Å². The van der Waals surface area contributed by atoms with Crippen molar-refractivity contribution >= 4 is 27.8 Å². The molecule has 1 aliphatic rings. The highest BCUT2D eigenvalue weighted by molar-refractivity contribution is 7.15. The van der Waals surface area contributed by atoms with E-state index in [1.807, 2.05) is 6.92 Å². The fourth-order valence-corrected chi connectivity index (χ4v) is 3.69. The van der Waals surface area contributed by atoms with Crippen molar-refractivity contribution in [2.45, 2.75) is 39.0 Å². The van der Waals surface area contributed by atoms with E-state index < -0.39 is 0 Å². The van der Waals surface area contributed by atoms with Crippen LogP contribution < -0.4 is 4.90 Å². The van der Waals surface area contributed by atoms with Crippen LogP contribution >= 0.6 is 22.7 Å². The van der Waals surface area contributed by atoms with Crippen LogP contribution in [0.5, 0.6) is 0 Å². The van der Waals surface area contributed by atoms with Crippen LogP contribution in [0.15, 0.2) is 17.5 Å². The maximum absolute atomic E-state index is 9.28. The second-order valence-electron chi connectivity index (χ2n) is 4.60. The molecule has 0 unspecified atom stereocenters. The first-order chi connectivity index (χ1) is 8.78. The van der Waals surface area contributed by atoms with E-state index >= 15 is 0 Å². The third-order valence-electron chi connectivity index (χ3n) is 3.16. The average Bonchev–Trinajstić information content (AvgIpc) is 2.94. The molecule has 1 saturated carbocycles. The molecule has 2 heterocycles. The minimum Gasteiger partial charge on any atom is -0.391 e. The van der Waals surface area contributed by atoms with Gasteiger partial charge in [0.25, 0.3) is 0 Å². The van der Waals surface area contributed by atoms with Crippen molar-refractivity contribution in [3.05, 3.63) is 33.0 Å². The molecule has 0 amide bonds. The number of hydrogen-bond donors (Lipinski definition) is 1. The van der Waals surface area contributed by atoms with Gasteiger partial charge in [0.2, 0.25) is 0 Å². The van der Waals surface area contributed by atoms with E-state index in [2.05, 4.69) is 27.4 Å². The summed E-state index contributed by atoms with van der Waals surface area (Å²) in [7, 11) is 0. The molecule has 18 heavy (non-hydrogen) atoms. The van der Waals surface area contributed by atoms with Crippen LogP contribution in [-0.2, 0) is 13.2 Å². The van der Waals surface area contributed by atoms with Gasteiger partial charge in [0.15, 0.2) is 5.13 Å². The molecule has 2 aromatic rings. The topological polar surface area (TPSA) is 36.4 Å². The SMILES string of the molecule is Cc1nc(N(Cc2cccs2)C2CC2)sc1CO. The van der Waals surface area contributed by atoms with Gasteiger partial charge in [0, 0.05) is 10.9 Å². The summed E-state index contributed by atoms with van der Waals surface area (Å²) in [6.07, 6.45) is 2.52. The van der Waals surface area contributed by atoms with E-state index in [0.717, 1.165) is 22.2 Å². The predicted octanol–water partition coefficient (Wildman–Crippen LogP) is 3.17. The maximum Gasteiger partial charge on any atom is 0.186 e. The molecular formula is C13H16N2OS2. The lowest BCUT2D eigenvalue weighted by molar-refractivity contribution is 0.284. The van der Waals surface area contributed by atoms with Crippen molar-refractivity contribution in [2.24, 2.45) is 0 Å². The van der Waals surface area contributed by atoms with Crippen LogP contribution in [0, 0.1) is 6.92 Å². The van der Waals surface area contributed by atoms with E-state index in [1.165, 1.54) is 17.7 Å². The van der Waals surface area contributed by atoms with E-state index in [0.29, 0.717) is 6.04 Å². The van der Waals surface area contributed by atoms with Gasteiger partial charge in [0.05, 0.1) is 23.7 Å². The Hall–Kier alpha value is -0.910. The molecule has 0 atom stereocenters. The van der Waals surface area contributed by atoms with Crippen molar-refractivity contribution < 1.29 is 5.11 Å². The number of aryl methyl sites for hydroxylation is 1. The summed E-state index contributed by atoms with van der Waals surface area (Å²) in [4.78, 5) is 9.37. The lowest BCUT2D eigenvalue weighted by Gasteiger charge is -2.20. The molecule has 2 aromatic heterocycles. The molecule has 0 spiro atoms. The van der Waals surface area contributed by atoms with E-state index in [9.17, 15) is 5.11 Å². The Morgan fingerprint density at radius 1 is 1.50 bits per heavy atom. The van der Waals surface area contributed by atoms with Crippen molar-refractivity contribution in [1.82, 2.24) is 4.98 Å². The molecular weight excluding hydrogens is 264 g/mol. The van der Waals surface area contributed by atoms with Gasteiger partial charge in [-0.1, -0.05) is 17.4 Å². The third-order valence-corrected chi connectivity index (χ3v) is 5.21. The zero-order chi connectivity index (χ0) is 12.5. The lowest BCUT2D eigenvalue weighted by atomic mass is 10.4. The summed E-state index contributed by atoms with van der Waals surface area (Å²) in [5.41, 5.74) is 0.967. The predicted molar refractivity (Wildman–Crippen MR) is 76.3 cm³/mol. The van der Waals surface area contributed by atoms with Gasteiger partial charge in [0.1, 0.15) is 0 Å². The second-order valence-corrected chi connectivity index (χ2v) is 6.70. The van der Waals surface area contributed by atoms with Crippen LogP contribution in [0.25, 0.3) is 0 Å². The molecule has 5 heteroatoms. The van der Waals surface area contributed by atoms with Crippen LogP contribution in [0.4, 0.5) is 5.13 Å². The minimum atomic E-state index is 0.0982. The molecule has 0 aliphatic heterocycles. The first-order valence-electron chi connectivity index (χ1n) is 6.14. The molecule has 1 fully saturated rings. The van der Waals surface area contributed by atoms with Crippen LogP contribution in [0.2, 0.25) is 0 Å². The highest BCUT2D eigenvalue weighted by atomic mass is 32.1. The number of thiophene rings is 1. The zero-order valence-electron chi connectivity index (χ0n) is 10.3. The van der Waals surface area contributed by atoms with Gasteiger partial charge in [-0.05, 0) is 31.2 Å². The first-order valence-corrected chi connectivity index (χ1v) is 7.83. The number of thiazole rings is 1. The highest BCUT2D eigenvalue weighted by Crippen LogP contribution is 2.36. The zero-order valence-corrected chi connectivity index (χ0v) is 11.9. The molecule has 0 radical (unpaired) electrons. The monoisotopic (exact) mass is 280 g/mol. The third kappa shape index (κ3) is 2.43. The van der Waals surface area contributed by atoms with Crippen LogP contribution in [0.3, 0.4) is 0 Å². The Morgan fingerprint density at radius 3 is 2.89 bits per heavy atom. The van der Waals surface area contributed by atoms with Gasteiger partial charge < -0.3 is 10.0 Å². The number of aliphatic hydroxyl groups excluding tert-OH is 1. The largest absolute Gasteiger partial charge is 0.391 e. The molecule has 0 aromatic carbocycles. The van der Waals surface area contributed by atoms with E-state index in [4.69, 9.17) is 0 Å². The summed E-state index contributed by atoms with van der Waals surface area (Å²) in [6.45, 7) is 3.02. The number of anilines is 1. The molecule has 0 bridgehead atoms. The minimum absolute atomic E-state index is 0.0982. The fraction of sp³-hybridized carbons (Fsp3) is 0.462. The van der Waals surface area contributed by atoms with Crippen molar-refractivity contribution in [2.75, 3.05) is 4.90 Å². The molecule has 1 N–H and O–H groups in total. The standard InChI is InChI=1S/C13H16N2OS2/c1-9-12(8-16)18-13(14-9)15(10-4-5-10)7-11-3-2-6-17-11/h2-3,6,10,16H,4-5,7-8H2,1H3. The Balaban J connectivity index is 1.84. The van der Waals surface area contributed by atoms with Gasteiger partial charge in [-0.25, -0.2) is 4.98 Å². The fourth-order valence-electron chi connectivity index (χ4n) is 1.99. The molecule has 0 saturated heterocycles. The quantitative estimate of drug-likeness (QED) is 0.914. The maximum atomic E-state index is 9.28. The van der Waals surface area contributed by atoms with Gasteiger partial charge >= 0.3 is 0 Å². The molecule has 3 nitrogen and oxygen atoms in total. The van der Waals surface area contributed by atoms with Crippen LogP contribution in [-0.4, -0.2) is 16.1 Å². The Kier molecular flexibility index (Phi) is 3.37. The number of rotatable bonds is 5. The summed E-state index contributed by atoms with van der Waals surface area (Å²) >= 11 is 3.42. The Bertz CT molecular complexity index is 517. The van der Waals surface area contributed by atoms with Crippen molar-refractivity contribution in [1.29, 1.82) is 0 Å². The van der Waals surface area contributed by atoms with E-state index in [1.54, 1.807) is 22.7 Å². The highest BCUT2D eigenvalue weighted by Gasteiger charge is 2.31. The first kappa shape index (κ1) is 12.1. The van der Waals surface area contributed by atoms with Gasteiger partial charge in [-0.15, -0.1) is 11.3 Å². The lowest BCUT2D eigenvalue weighted by Crippen LogP contribution is -2.24. The summed E-state index contributed by atoms with van der Waals surface area (Å²) in [6, 6.07) is 4.91. The number of aliphatic hydroxyl groups is 1. The second kappa shape index (κ2) is 4.99. The summed E-state index contributed by atoms with van der Waals surface area (Å²) < 4.78 is 0. The number of nitrogens with zero attached hydrogens (tertiary/aromatic N) is 2. The Labute approximate surface area is 115 Å². The van der Waals surface area contributed by atoms with Crippen LogP contribution in [0.1, 0.15) is 28.3 Å². The van der Waals surface area contributed by atoms with Gasteiger partial charge in [-0.3, -0.25) is 0 Å². The molecule has 3 rings (SSSR count). The average molecular weight is 280 g/mol. The van der Waals surface area contributed by atoms with Gasteiger partial charge in [-0.2, -0.15) is 0 Å². The Morgan fingerprint density at radius 2 is 2.33 bits per heavy atom. The molecule has 96 valence electrons. The number of hydrogen-bond acceptors (Lipinski definition) is 5. The smallest absolute Gasteiger partial charge is 0.186 e. The number of aromatic nitrogens is 1. The normalized spacial score (nSPS) is 15.0. The van der Waals surface area contributed by atoms with E-state index in [-0.39, 0.29) is 6.61 Å². The molecule has 1 aliphatic carbocycles.